The van der Waals surface area contributed by atoms with Crippen molar-refractivity contribution in [3.63, 3.8) is 0 Å². The Hall–Kier alpha value is 0. The molecule has 0 radical (unpaired) electrons. The van der Waals surface area contributed by atoms with Crippen LogP contribution in [0, 0.1) is 84.2 Å². The van der Waals surface area contributed by atoms with Crippen LogP contribution in [0.5, 0.6) is 0 Å². The summed E-state index contributed by atoms with van der Waals surface area (Å²) in [5.74, 6) is 5.15. The van der Waals surface area contributed by atoms with Crippen LogP contribution in [0.4, 0.5) is 0 Å². The summed E-state index contributed by atoms with van der Waals surface area (Å²) in [6.07, 6.45) is 1.35. The second kappa shape index (κ2) is 5.24. The molecule has 0 bridgehead atoms. The molecule has 0 aromatic carbocycles. The molecule has 184 valence electrons. The van der Waals surface area contributed by atoms with E-state index in [1.165, 1.54) is 6.42 Å². The first-order valence-corrected chi connectivity index (χ1v) is 14.2. The van der Waals surface area contributed by atoms with Crippen molar-refractivity contribution >= 4 is 0 Å². The molecular formula is C32H56. The molecule has 5 aliphatic rings. The van der Waals surface area contributed by atoms with Gasteiger partial charge in [-0.3, -0.25) is 0 Å². The highest BCUT2D eigenvalue weighted by Crippen LogP contribution is 3.03. The van der Waals surface area contributed by atoms with Crippen molar-refractivity contribution < 1.29 is 0 Å². The van der Waals surface area contributed by atoms with E-state index in [9.17, 15) is 0 Å². The number of fused-ring (bicyclic) bond motifs is 5. The molecule has 0 aromatic heterocycles. The molecule has 0 aromatic rings. The minimum atomic E-state index is 0.289. The fourth-order valence-electron chi connectivity index (χ4n) is 15.1. The van der Waals surface area contributed by atoms with Crippen LogP contribution in [-0.4, -0.2) is 0 Å². The fourth-order valence-corrected chi connectivity index (χ4v) is 15.1. The number of hydrogen-bond acceptors (Lipinski definition) is 0. The lowest BCUT2D eigenvalue weighted by molar-refractivity contribution is -0.551. The molecule has 0 heteroatoms. The Bertz CT molecular complexity index is 892. The molecule has 12 unspecified atom stereocenters. The topological polar surface area (TPSA) is 0 Å². The molecule has 5 aliphatic carbocycles. The van der Waals surface area contributed by atoms with Crippen LogP contribution >= 0.6 is 0 Å². The van der Waals surface area contributed by atoms with Gasteiger partial charge in [-0.15, -0.1) is 0 Å². The van der Waals surface area contributed by atoms with Crippen molar-refractivity contribution in [2.24, 2.45) is 84.2 Å². The second-order valence-corrected chi connectivity index (χ2v) is 16.6. The van der Waals surface area contributed by atoms with E-state index in [1.807, 2.05) is 0 Å². The summed E-state index contributed by atoms with van der Waals surface area (Å²) < 4.78 is 0. The standard InChI is InChI=1S/C32H56/c1-17-21-23-27(11)20(4)29(13,32(27,16)31(23,15)25(21,7)8)26(9,10)28(12)19(3)22-18(2)24(5,6)30(22,28)14/h18-23H,17H2,1-16H3. The zero-order valence-electron chi connectivity index (χ0n) is 24.7. The van der Waals surface area contributed by atoms with Gasteiger partial charge in [0.2, 0.25) is 0 Å². The van der Waals surface area contributed by atoms with Crippen LogP contribution in [0.15, 0.2) is 0 Å². The van der Waals surface area contributed by atoms with Crippen molar-refractivity contribution in [1.29, 1.82) is 0 Å². The van der Waals surface area contributed by atoms with Gasteiger partial charge in [-0.05, 0) is 84.2 Å². The average Bonchev–Trinajstić information content (AvgIpc) is 2.72. The minimum Gasteiger partial charge on any atom is -0.0651 e. The van der Waals surface area contributed by atoms with Gasteiger partial charge in [-0.25, -0.2) is 0 Å². The number of rotatable bonds is 3. The van der Waals surface area contributed by atoms with Crippen LogP contribution < -0.4 is 0 Å². The number of hydrogen-bond donors (Lipinski definition) is 0. The Morgan fingerprint density at radius 3 is 1.62 bits per heavy atom. The van der Waals surface area contributed by atoms with Gasteiger partial charge in [0.1, 0.15) is 0 Å². The van der Waals surface area contributed by atoms with E-state index in [-0.39, 0.29) is 5.41 Å². The third kappa shape index (κ3) is 1.41. The summed E-state index contributed by atoms with van der Waals surface area (Å²) in [5, 5.41) is 0. The molecule has 0 aliphatic heterocycles. The zero-order chi connectivity index (χ0) is 24.7. The van der Waals surface area contributed by atoms with Crippen molar-refractivity contribution in [2.45, 2.75) is 117 Å². The van der Waals surface area contributed by atoms with Crippen molar-refractivity contribution in [3.8, 4) is 0 Å². The summed E-state index contributed by atoms with van der Waals surface area (Å²) in [6.45, 7) is 42.6. The molecule has 0 N–H and O–H groups in total. The highest BCUT2D eigenvalue weighted by molar-refractivity contribution is 5.45. The largest absolute Gasteiger partial charge is 0.0651 e. The van der Waals surface area contributed by atoms with Crippen molar-refractivity contribution in [2.75, 3.05) is 0 Å². The summed E-state index contributed by atoms with van der Waals surface area (Å²) in [7, 11) is 0. The van der Waals surface area contributed by atoms with E-state index in [1.54, 1.807) is 0 Å². The monoisotopic (exact) mass is 440 g/mol. The first-order chi connectivity index (χ1) is 14.2. The van der Waals surface area contributed by atoms with Crippen molar-refractivity contribution in [1.82, 2.24) is 0 Å². The Morgan fingerprint density at radius 2 is 1.16 bits per heavy atom. The van der Waals surface area contributed by atoms with E-state index in [0.29, 0.717) is 43.3 Å². The molecular weight excluding hydrogens is 384 g/mol. The van der Waals surface area contributed by atoms with Gasteiger partial charge < -0.3 is 0 Å². The van der Waals surface area contributed by atoms with E-state index in [4.69, 9.17) is 0 Å². The zero-order valence-corrected chi connectivity index (χ0v) is 24.7. The van der Waals surface area contributed by atoms with Crippen LogP contribution in [0.25, 0.3) is 0 Å². The van der Waals surface area contributed by atoms with Crippen LogP contribution in [0.1, 0.15) is 117 Å². The summed E-state index contributed by atoms with van der Waals surface area (Å²) >= 11 is 0. The molecule has 12 atom stereocenters. The smallest absolute Gasteiger partial charge is 0.0142 e. The van der Waals surface area contributed by atoms with Crippen molar-refractivity contribution in [3.05, 3.63) is 0 Å². The molecule has 5 fully saturated rings. The van der Waals surface area contributed by atoms with Crippen LogP contribution in [0.2, 0.25) is 0 Å². The predicted octanol–water partition coefficient (Wildman–Crippen LogP) is 9.34. The van der Waals surface area contributed by atoms with E-state index >= 15 is 0 Å². The lowest BCUT2D eigenvalue weighted by atomic mass is 9.02. The highest BCUT2D eigenvalue weighted by atomic mass is 15.0. The van der Waals surface area contributed by atoms with Gasteiger partial charge in [0, 0.05) is 0 Å². The first kappa shape index (κ1) is 23.7. The highest BCUT2D eigenvalue weighted by Gasteiger charge is 2.98. The normalized spacial score (nSPS) is 65.6. The molecule has 5 rings (SSSR count). The molecule has 0 amide bonds. The third-order valence-electron chi connectivity index (χ3n) is 18.1. The van der Waals surface area contributed by atoms with E-state index in [0.717, 1.165) is 35.5 Å². The molecule has 0 spiro atoms. The van der Waals surface area contributed by atoms with Gasteiger partial charge >= 0.3 is 0 Å². The summed E-state index contributed by atoms with van der Waals surface area (Å²) in [4.78, 5) is 0. The molecule has 0 heterocycles. The molecule has 32 heavy (non-hydrogen) atoms. The lowest BCUT2D eigenvalue weighted by Gasteiger charge is -3.02. The molecule has 0 saturated heterocycles. The Morgan fingerprint density at radius 1 is 0.656 bits per heavy atom. The maximum Gasteiger partial charge on any atom is -0.0142 e. The third-order valence-corrected chi connectivity index (χ3v) is 18.1. The first-order valence-electron chi connectivity index (χ1n) is 14.2. The SMILES string of the molecule is CCC1C2C3(C)C(C)C(C)(C(C)(C)C4(C)C(C)C5C(C)C(C)(C)C54C)C3(C)C2(C)C1(C)C. The maximum atomic E-state index is 2.76. The Kier molecular flexibility index (Phi) is 3.88. The quantitative estimate of drug-likeness (QED) is 0.410. The maximum absolute atomic E-state index is 2.76. The average molecular weight is 441 g/mol. The lowest BCUT2D eigenvalue weighted by Crippen LogP contribution is -2.98. The molecule has 0 nitrogen and oxygen atoms in total. The van der Waals surface area contributed by atoms with Crippen LogP contribution in [-0.2, 0) is 0 Å². The summed E-state index contributed by atoms with van der Waals surface area (Å²) in [5.41, 5.74) is 3.68. The van der Waals surface area contributed by atoms with Gasteiger partial charge in [0.05, 0.1) is 0 Å². The van der Waals surface area contributed by atoms with Gasteiger partial charge in [0.15, 0.2) is 0 Å². The Labute approximate surface area is 201 Å². The van der Waals surface area contributed by atoms with Gasteiger partial charge in [0.25, 0.3) is 0 Å². The van der Waals surface area contributed by atoms with Crippen LogP contribution in [0.3, 0.4) is 0 Å². The minimum absolute atomic E-state index is 0.289. The fraction of sp³-hybridized carbons (Fsp3) is 1.00. The van der Waals surface area contributed by atoms with E-state index < -0.39 is 0 Å². The second-order valence-electron chi connectivity index (χ2n) is 16.6. The Balaban J connectivity index is 1.65. The van der Waals surface area contributed by atoms with Gasteiger partial charge in [-0.1, -0.05) is 117 Å². The van der Waals surface area contributed by atoms with Gasteiger partial charge in [-0.2, -0.15) is 0 Å². The predicted molar refractivity (Wildman–Crippen MR) is 138 cm³/mol. The molecule has 5 saturated carbocycles. The van der Waals surface area contributed by atoms with E-state index in [2.05, 4.69) is 111 Å². The summed E-state index contributed by atoms with van der Waals surface area (Å²) in [6, 6.07) is 0.